The van der Waals surface area contributed by atoms with Crippen molar-refractivity contribution in [1.82, 2.24) is 4.98 Å². The van der Waals surface area contributed by atoms with Crippen LogP contribution in [0.2, 0.25) is 0 Å². The van der Waals surface area contributed by atoms with Gasteiger partial charge in [-0.3, -0.25) is 4.79 Å². The molecule has 0 atom stereocenters. The van der Waals surface area contributed by atoms with Gasteiger partial charge in [0.15, 0.2) is 11.5 Å². The van der Waals surface area contributed by atoms with Gasteiger partial charge in [0.2, 0.25) is 0 Å². The second kappa shape index (κ2) is 7.16. The van der Waals surface area contributed by atoms with E-state index in [2.05, 4.69) is 27.5 Å². The molecule has 2 rings (SSSR count). The molecule has 0 fully saturated rings. The van der Waals surface area contributed by atoms with Crippen LogP contribution in [0.3, 0.4) is 0 Å². The van der Waals surface area contributed by atoms with E-state index in [1.54, 1.807) is 31.2 Å². The Morgan fingerprint density at radius 2 is 2.17 bits per heavy atom. The van der Waals surface area contributed by atoms with Crippen LogP contribution in [0, 0.1) is 18.3 Å². The summed E-state index contributed by atoms with van der Waals surface area (Å²) in [6.45, 7) is 5.71. The molecule has 5 nitrogen and oxygen atoms in total. The number of benzene rings is 1. The Balaban J connectivity index is 2.67. The van der Waals surface area contributed by atoms with E-state index in [-0.39, 0.29) is 5.56 Å². The highest BCUT2D eigenvalue weighted by Gasteiger charge is 2.16. The zero-order valence-electron chi connectivity index (χ0n) is 12.8. The molecule has 0 unspecified atom stereocenters. The van der Waals surface area contributed by atoms with Gasteiger partial charge in [-0.25, -0.2) is 0 Å². The second-order valence-electron chi connectivity index (χ2n) is 4.77. The van der Waals surface area contributed by atoms with Gasteiger partial charge in [-0.2, -0.15) is 5.26 Å². The number of halogens is 1. The molecule has 1 aromatic carbocycles. The summed E-state index contributed by atoms with van der Waals surface area (Å²) in [4.78, 5) is 14.6. The number of pyridine rings is 1. The number of nitrogens with zero attached hydrogens (tertiary/aromatic N) is 1. The molecule has 0 aliphatic heterocycles. The van der Waals surface area contributed by atoms with Crippen LogP contribution in [-0.2, 0) is 0 Å². The number of hydrogen-bond donors (Lipinski definition) is 1. The molecule has 0 saturated heterocycles. The molecule has 118 valence electrons. The molecule has 0 amide bonds. The highest BCUT2D eigenvalue weighted by atomic mass is 79.9. The predicted molar refractivity (Wildman–Crippen MR) is 91.9 cm³/mol. The van der Waals surface area contributed by atoms with Gasteiger partial charge in [0, 0.05) is 11.3 Å². The SMILES string of the molecule is C=CCOc1c(Br)cc(-c2cc(C)[nH]c(=O)c2C#N)cc1OC. The summed E-state index contributed by atoms with van der Waals surface area (Å²) in [5, 5.41) is 9.27. The van der Waals surface area contributed by atoms with Crippen LogP contribution >= 0.6 is 15.9 Å². The van der Waals surface area contributed by atoms with Crippen LogP contribution in [-0.4, -0.2) is 18.7 Å². The fourth-order valence-corrected chi connectivity index (χ4v) is 2.74. The van der Waals surface area contributed by atoms with Crippen LogP contribution in [0.4, 0.5) is 0 Å². The first-order chi connectivity index (χ1) is 11.0. The number of ether oxygens (including phenoxy) is 2. The number of aromatic nitrogens is 1. The van der Waals surface area contributed by atoms with Gasteiger partial charge in [-0.1, -0.05) is 12.7 Å². The maximum absolute atomic E-state index is 12.0. The lowest BCUT2D eigenvalue weighted by Gasteiger charge is -2.14. The zero-order valence-corrected chi connectivity index (χ0v) is 14.4. The topological polar surface area (TPSA) is 75.1 Å². The number of rotatable bonds is 5. The van der Waals surface area contributed by atoms with Crippen molar-refractivity contribution in [3.8, 4) is 28.7 Å². The minimum atomic E-state index is -0.412. The Hall–Kier alpha value is -2.52. The first-order valence-electron chi connectivity index (χ1n) is 6.77. The highest BCUT2D eigenvalue weighted by Crippen LogP contribution is 2.40. The Kier molecular flexibility index (Phi) is 5.24. The predicted octanol–water partition coefficient (Wildman–Crippen LogP) is 3.56. The minimum absolute atomic E-state index is 0.0595. The van der Waals surface area contributed by atoms with Crippen LogP contribution in [0.15, 0.2) is 40.1 Å². The van der Waals surface area contributed by atoms with E-state index in [4.69, 9.17) is 9.47 Å². The normalized spacial score (nSPS) is 10.0. The van der Waals surface area contributed by atoms with Crippen LogP contribution in [0.25, 0.3) is 11.1 Å². The highest BCUT2D eigenvalue weighted by molar-refractivity contribution is 9.10. The Bertz CT molecular complexity index is 850. The first kappa shape index (κ1) is 16.8. The third kappa shape index (κ3) is 3.46. The van der Waals surface area contributed by atoms with Gasteiger partial charge < -0.3 is 14.5 Å². The average molecular weight is 375 g/mol. The number of H-pyrrole nitrogens is 1. The van der Waals surface area contributed by atoms with Gasteiger partial charge in [0.05, 0.1) is 11.6 Å². The quantitative estimate of drug-likeness (QED) is 0.811. The van der Waals surface area contributed by atoms with E-state index in [1.807, 2.05) is 6.07 Å². The van der Waals surface area contributed by atoms with Gasteiger partial charge >= 0.3 is 0 Å². The average Bonchev–Trinajstić information content (AvgIpc) is 2.52. The van der Waals surface area contributed by atoms with Crippen LogP contribution in [0.1, 0.15) is 11.3 Å². The van der Waals surface area contributed by atoms with Crippen molar-refractivity contribution in [3.63, 3.8) is 0 Å². The molecule has 6 heteroatoms. The van der Waals surface area contributed by atoms with E-state index < -0.39 is 5.56 Å². The molecule has 0 aliphatic carbocycles. The van der Waals surface area contributed by atoms with E-state index in [9.17, 15) is 10.1 Å². The third-order valence-electron chi connectivity index (χ3n) is 3.17. The van der Waals surface area contributed by atoms with E-state index in [1.165, 1.54) is 7.11 Å². The second-order valence-corrected chi connectivity index (χ2v) is 5.63. The molecule has 1 heterocycles. The summed E-state index contributed by atoms with van der Waals surface area (Å²) in [6, 6.07) is 7.23. The zero-order chi connectivity index (χ0) is 17.0. The van der Waals surface area contributed by atoms with Crippen LogP contribution in [0.5, 0.6) is 11.5 Å². The van der Waals surface area contributed by atoms with E-state index in [0.717, 1.165) is 0 Å². The van der Waals surface area contributed by atoms with Crippen LogP contribution < -0.4 is 15.0 Å². The fraction of sp³-hybridized carbons (Fsp3) is 0.176. The lowest BCUT2D eigenvalue weighted by molar-refractivity contribution is 0.324. The fourth-order valence-electron chi connectivity index (χ4n) is 2.18. The van der Waals surface area contributed by atoms with Gasteiger partial charge in [-0.05, 0) is 46.6 Å². The molecular formula is C17H15BrN2O3. The summed E-state index contributed by atoms with van der Waals surface area (Å²) in [5.41, 5.74) is 1.55. The minimum Gasteiger partial charge on any atom is -0.493 e. The Labute approximate surface area is 142 Å². The van der Waals surface area contributed by atoms with E-state index in [0.29, 0.717) is 39.4 Å². The van der Waals surface area contributed by atoms with Crippen molar-refractivity contribution < 1.29 is 9.47 Å². The van der Waals surface area contributed by atoms with Gasteiger partial charge in [0.1, 0.15) is 18.2 Å². The largest absolute Gasteiger partial charge is 0.493 e. The Morgan fingerprint density at radius 1 is 1.43 bits per heavy atom. The maximum Gasteiger partial charge on any atom is 0.266 e. The lowest BCUT2D eigenvalue weighted by atomic mass is 10.0. The standard InChI is InChI=1S/C17H15BrN2O3/c1-4-5-23-16-14(18)7-11(8-15(16)22-3)12-6-10(2)20-17(21)13(12)9-19/h4,6-8H,1,5H2,2-3H3,(H,20,21). The molecule has 0 spiro atoms. The number of methoxy groups -OCH3 is 1. The first-order valence-corrected chi connectivity index (χ1v) is 7.56. The monoisotopic (exact) mass is 374 g/mol. The van der Waals surface area contributed by atoms with Gasteiger partial charge in [-0.15, -0.1) is 0 Å². The van der Waals surface area contributed by atoms with Crippen molar-refractivity contribution in [3.05, 3.63) is 56.9 Å². The number of hydrogen-bond acceptors (Lipinski definition) is 4. The molecule has 0 saturated carbocycles. The summed E-state index contributed by atoms with van der Waals surface area (Å²) in [6.07, 6.45) is 1.63. The molecule has 0 aliphatic rings. The summed E-state index contributed by atoms with van der Waals surface area (Å²) in [7, 11) is 1.53. The van der Waals surface area contributed by atoms with Crippen molar-refractivity contribution in [2.45, 2.75) is 6.92 Å². The number of aryl methyl sites for hydroxylation is 1. The van der Waals surface area contributed by atoms with Crippen molar-refractivity contribution in [1.29, 1.82) is 5.26 Å². The summed E-state index contributed by atoms with van der Waals surface area (Å²) < 4.78 is 11.6. The molecule has 0 radical (unpaired) electrons. The smallest absolute Gasteiger partial charge is 0.266 e. The molecule has 1 N–H and O–H groups in total. The third-order valence-corrected chi connectivity index (χ3v) is 3.75. The summed E-state index contributed by atoms with van der Waals surface area (Å²) in [5.74, 6) is 1.04. The maximum atomic E-state index is 12.0. The molecule has 1 aromatic heterocycles. The molecule has 0 bridgehead atoms. The molecule has 23 heavy (non-hydrogen) atoms. The number of nitrogens with one attached hydrogen (secondary N) is 1. The summed E-state index contributed by atoms with van der Waals surface area (Å²) >= 11 is 3.44. The van der Waals surface area contributed by atoms with Crippen molar-refractivity contribution in [2.75, 3.05) is 13.7 Å². The van der Waals surface area contributed by atoms with Crippen molar-refractivity contribution in [2.24, 2.45) is 0 Å². The van der Waals surface area contributed by atoms with Gasteiger partial charge in [0.25, 0.3) is 5.56 Å². The Morgan fingerprint density at radius 3 is 2.78 bits per heavy atom. The van der Waals surface area contributed by atoms with E-state index >= 15 is 0 Å². The lowest BCUT2D eigenvalue weighted by Crippen LogP contribution is -2.12. The number of nitriles is 1. The molecular weight excluding hydrogens is 360 g/mol. The number of aromatic amines is 1. The van der Waals surface area contributed by atoms with Crippen molar-refractivity contribution >= 4 is 15.9 Å². The molecule has 2 aromatic rings.